The minimum atomic E-state index is -3.65. The zero-order chi connectivity index (χ0) is 25.2. The molecular weight excluding hydrogens is 526 g/mol. The number of hydrogen-bond acceptors (Lipinski definition) is 6. The SMILES string of the molecule is Cc1cc(SCCN(C2CCCC2)S(=O)(=O)c2sc3ccc(Cl)cc3c2C)ccc1OCC(=O)O. The maximum Gasteiger partial charge on any atom is 0.341 e. The van der Waals surface area contributed by atoms with Crippen LogP contribution >= 0.6 is 34.7 Å². The number of hydrogen-bond donors (Lipinski definition) is 1. The van der Waals surface area contributed by atoms with Crippen LogP contribution in [0.4, 0.5) is 0 Å². The highest BCUT2D eigenvalue weighted by molar-refractivity contribution is 7.99. The molecule has 0 unspecified atom stereocenters. The molecule has 35 heavy (non-hydrogen) atoms. The number of aryl methyl sites for hydroxylation is 2. The van der Waals surface area contributed by atoms with E-state index in [1.54, 1.807) is 28.2 Å². The van der Waals surface area contributed by atoms with E-state index in [0.29, 0.717) is 27.3 Å². The first-order valence-corrected chi connectivity index (χ1v) is 15.1. The Bertz CT molecular complexity index is 1330. The summed E-state index contributed by atoms with van der Waals surface area (Å²) < 4.78 is 36.1. The van der Waals surface area contributed by atoms with Crippen molar-refractivity contribution in [1.82, 2.24) is 4.31 Å². The standard InChI is InChI=1S/C25H28ClNO5S3/c1-16-13-20(8-9-22(16)32-15-24(28)29)33-12-11-27(19-5-3-4-6-19)35(30,31)25-17(2)21-14-18(26)7-10-23(21)34-25/h7-10,13-14,19H,3-6,11-12,15H2,1-2H3,(H,28,29). The lowest BCUT2D eigenvalue weighted by Gasteiger charge is -2.27. The number of fused-ring (bicyclic) bond motifs is 1. The molecule has 0 spiro atoms. The van der Waals surface area contributed by atoms with Crippen LogP contribution in [0.3, 0.4) is 0 Å². The van der Waals surface area contributed by atoms with Crippen molar-refractivity contribution in [3.63, 3.8) is 0 Å². The van der Waals surface area contributed by atoms with E-state index < -0.39 is 16.0 Å². The highest BCUT2D eigenvalue weighted by Crippen LogP contribution is 2.39. The summed E-state index contributed by atoms with van der Waals surface area (Å²) in [6, 6.07) is 11.1. The minimum absolute atomic E-state index is 0.0160. The number of aliphatic carboxylic acids is 1. The molecule has 1 saturated carbocycles. The van der Waals surface area contributed by atoms with Gasteiger partial charge in [-0.05, 0) is 79.6 Å². The van der Waals surface area contributed by atoms with Crippen LogP contribution in [0.2, 0.25) is 5.02 Å². The van der Waals surface area contributed by atoms with Crippen LogP contribution in [0.5, 0.6) is 5.75 Å². The number of benzene rings is 2. The van der Waals surface area contributed by atoms with E-state index in [2.05, 4.69) is 0 Å². The van der Waals surface area contributed by atoms with E-state index in [1.165, 1.54) is 11.3 Å². The molecule has 2 aromatic carbocycles. The summed E-state index contributed by atoms with van der Waals surface area (Å²) in [4.78, 5) is 11.7. The van der Waals surface area contributed by atoms with Gasteiger partial charge in [0, 0.05) is 33.0 Å². The number of nitrogens with zero attached hydrogens (tertiary/aromatic N) is 1. The molecule has 1 aliphatic carbocycles. The predicted octanol–water partition coefficient (Wildman–Crippen LogP) is 6.36. The number of ether oxygens (including phenoxy) is 1. The first kappa shape index (κ1) is 26.3. The van der Waals surface area contributed by atoms with Crippen LogP contribution in [0.25, 0.3) is 10.1 Å². The molecule has 188 valence electrons. The number of carboxylic acids is 1. The molecule has 0 saturated heterocycles. The number of sulfonamides is 1. The number of carboxylic acid groups (broad SMARTS) is 1. The molecule has 0 atom stereocenters. The lowest BCUT2D eigenvalue weighted by Crippen LogP contribution is -2.40. The van der Waals surface area contributed by atoms with Gasteiger partial charge in [-0.25, -0.2) is 13.2 Å². The second-order valence-electron chi connectivity index (χ2n) is 8.67. The van der Waals surface area contributed by atoms with Crippen molar-refractivity contribution in [2.24, 2.45) is 0 Å². The molecule has 0 aliphatic heterocycles. The fraction of sp³-hybridized carbons (Fsp3) is 0.400. The molecule has 1 aliphatic rings. The third kappa shape index (κ3) is 5.97. The van der Waals surface area contributed by atoms with Crippen molar-refractivity contribution in [2.45, 2.75) is 54.7 Å². The van der Waals surface area contributed by atoms with E-state index >= 15 is 0 Å². The topological polar surface area (TPSA) is 83.9 Å². The molecule has 0 radical (unpaired) electrons. The number of carbonyl (C=O) groups is 1. The van der Waals surface area contributed by atoms with Crippen LogP contribution in [0.15, 0.2) is 45.5 Å². The Balaban J connectivity index is 1.52. The van der Waals surface area contributed by atoms with Gasteiger partial charge in [-0.15, -0.1) is 23.1 Å². The zero-order valence-electron chi connectivity index (χ0n) is 19.6. The number of thiophene rings is 1. The van der Waals surface area contributed by atoms with Gasteiger partial charge in [0.2, 0.25) is 0 Å². The Labute approximate surface area is 219 Å². The van der Waals surface area contributed by atoms with Gasteiger partial charge in [-0.1, -0.05) is 24.4 Å². The van der Waals surface area contributed by atoms with Gasteiger partial charge < -0.3 is 9.84 Å². The van der Waals surface area contributed by atoms with Crippen molar-refractivity contribution in [3.8, 4) is 5.75 Å². The highest BCUT2D eigenvalue weighted by atomic mass is 35.5. The smallest absolute Gasteiger partial charge is 0.341 e. The summed E-state index contributed by atoms with van der Waals surface area (Å²) in [5.41, 5.74) is 1.60. The molecule has 10 heteroatoms. The van der Waals surface area contributed by atoms with E-state index in [0.717, 1.165) is 51.8 Å². The minimum Gasteiger partial charge on any atom is -0.482 e. The Morgan fingerprint density at radius 1 is 1.20 bits per heavy atom. The Kier molecular flexibility index (Phi) is 8.33. The summed E-state index contributed by atoms with van der Waals surface area (Å²) in [5.74, 6) is 0.126. The Morgan fingerprint density at radius 2 is 1.94 bits per heavy atom. The number of rotatable bonds is 10. The molecule has 1 N–H and O–H groups in total. The average Bonchev–Trinajstić information content (AvgIpc) is 3.44. The normalized spacial score (nSPS) is 14.7. The highest BCUT2D eigenvalue weighted by Gasteiger charge is 2.35. The van der Waals surface area contributed by atoms with Crippen LogP contribution in [-0.4, -0.2) is 48.7 Å². The molecule has 0 bridgehead atoms. The molecular formula is C25H28ClNO5S3. The van der Waals surface area contributed by atoms with E-state index in [-0.39, 0.29) is 12.6 Å². The number of thioether (sulfide) groups is 1. The second kappa shape index (κ2) is 11.1. The quantitative estimate of drug-likeness (QED) is 0.294. The van der Waals surface area contributed by atoms with Crippen LogP contribution in [-0.2, 0) is 14.8 Å². The molecule has 1 aromatic heterocycles. The fourth-order valence-electron chi connectivity index (χ4n) is 4.48. The maximum atomic E-state index is 13.9. The first-order valence-electron chi connectivity index (χ1n) is 11.5. The van der Waals surface area contributed by atoms with Gasteiger partial charge in [-0.3, -0.25) is 0 Å². The third-order valence-corrected chi connectivity index (χ3v) is 11.2. The molecule has 3 aromatic rings. The lowest BCUT2D eigenvalue weighted by molar-refractivity contribution is -0.139. The summed E-state index contributed by atoms with van der Waals surface area (Å²) in [5, 5.41) is 10.3. The molecule has 4 rings (SSSR count). The van der Waals surface area contributed by atoms with Gasteiger partial charge in [0.1, 0.15) is 9.96 Å². The lowest BCUT2D eigenvalue weighted by atomic mass is 10.2. The molecule has 0 amide bonds. The monoisotopic (exact) mass is 553 g/mol. The van der Waals surface area contributed by atoms with Crippen LogP contribution in [0, 0.1) is 13.8 Å². The van der Waals surface area contributed by atoms with Crippen LogP contribution in [0.1, 0.15) is 36.8 Å². The maximum absolute atomic E-state index is 13.9. The summed E-state index contributed by atoms with van der Waals surface area (Å²) in [6.07, 6.45) is 3.85. The van der Waals surface area contributed by atoms with Gasteiger partial charge in [0.15, 0.2) is 6.61 Å². The summed E-state index contributed by atoms with van der Waals surface area (Å²) >= 11 is 9.07. The predicted molar refractivity (Wildman–Crippen MR) is 143 cm³/mol. The van der Waals surface area contributed by atoms with E-state index in [9.17, 15) is 13.2 Å². The zero-order valence-corrected chi connectivity index (χ0v) is 22.8. The third-order valence-electron chi connectivity index (χ3n) is 6.21. The van der Waals surface area contributed by atoms with Crippen LogP contribution < -0.4 is 4.74 Å². The van der Waals surface area contributed by atoms with Gasteiger partial charge in [-0.2, -0.15) is 4.31 Å². The van der Waals surface area contributed by atoms with Crippen molar-refractivity contribution in [3.05, 3.63) is 52.5 Å². The van der Waals surface area contributed by atoms with Crippen molar-refractivity contribution in [1.29, 1.82) is 0 Å². The Morgan fingerprint density at radius 3 is 2.63 bits per heavy atom. The van der Waals surface area contributed by atoms with E-state index in [1.807, 2.05) is 38.1 Å². The fourth-order valence-corrected chi connectivity index (χ4v) is 9.26. The largest absolute Gasteiger partial charge is 0.482 e. The van der Waals surface area contributed by atoms with Crippen molar-refractivity contribution in [2.75, 3.05) is 18.9 Å². The molecule has 1 fully saturated rings. The van der Waals surface area contributed by atoms with Gasteiger partial charge in [0.25, 0.3) is 10.0 Å². The molecule has 6 nitrogen and oxygen atoms in total. The average molecular weight is 554 g/mol. The van der Waals surface area contributed by atoms with Crippen molar-refractivity contribution >= 4 is 60.8 Å². The summed E-state index contributed by atoms with van der Waals surface area (Å²) in [6.45, 7) is 3.76. The van der Waals surface area contributed by atoms with Gasteiger partial charge >= 0.3 is 5.97 Å². The Hall–Kier alpha value is -1.78. The van der Waals surface area contributed by atoms with E-state index in [4.69, 9.17) is 21.4 Å². The molecule has 1 heterocycles. The second-order valence-corrected chi connectivity index (χ2v) is 13.4. The first-order chi connectivity index (χ1) is 16.7. The van der Waals surface area contributed by atoms with Gasteiger partial charge in [0.05, 0.1) is 0 Å². The summed E-state index contributed by atoms with van der Waals surface area (Å²) in [7, 11) is -3.65. The number of halogens is 1. The van der Waals surface area contributed by atoms with Crippen molar-refractivity contribution < 1.29 is 23.1 Å².